The molecule has 0 atom stereocenters. The third kappa shape index (κ3) is 9.67. The summed E-state index contributed by atoms with van der Waals surface area (Å²) in [5, 5.41) is 0. The Labute approximate surface area is 95.4 Å². The molecule has 0 heterocycles. The summed E-state index contributed by atoms with van der Waals surface area (Å²) >= 11 is 0. The van der Waals surface area contributed by atoms with Crippen molar-refractivity contribution in [1.82, 2.24) is 0 Å². The minimum Gasteiger partial charge on any atom is -0.242 e. The zero-order valence-electron chi connectivity index (χ0n) is 6.62. The maximum Gasteiger partial charge on any atom is 0.378 e. The largest absolute Gasteiger partial charge is 0.378 e. The molecule has 0 saturated carbocycles. The zero-order chi connectivity index (χ0) is 7.98. The van der Waals surface area contributed by atoms with E-state index in [4.69, 9.17) is 0 Å². The summed E-state index contributed by atoms with van der Waals surface area (Å²) in [7, 11) is 0. The van der Waals surface area contributed by atoms with Crippen LogP contribution in [0.2, 0.25) is 0 Å². The van der Waals surface area contributed by atoms with E-state index in [1.807, 2.05) is 0 Å². The van der Waals surface area contributed by atoms with E-state index in [-0.39, 0.29) is 39.0 Å². The first-order chi connectivity index (χ1) is 4.70. The molecule has 0 unspecified atom stereocenters. The van der Waals surface area contributed by atoms with Gasteiger partial charge in [0.05, 0.1) is 0 Å². The molecule has 0 aliphatic heterocycles. The molecule has 0 amide bonds. The van der Waals surface area contributed by atoms with Gasteiger partial charge >= 0.3 is 11.9 Å². The van der Waals surface area contributed by atoms with Crippen molar-refractivity contribution >= 4 is 11.9 Å². The fourth-order valence-electron chi connectivity index (χ4n) is 0.150. The Morgan fingerprint density at radius 1 is 0.917 bits per heavy atom. The number of rotatable bonds is 2. The van der Waals surface area contributed by atoms with Crippen molar-refractivity contribution in [2.24, 2.45) is 0 Å². The van der Waals surface area contributed by atoms with Crippen molar-refractivity contribution < 1.29 is 58.3 Å². The second-order valence-electron chi connectivity index (χ2n) is 1.21. The molecule has 0 aromatic rings. The monoisotopic (exact) mass is 270 g/mol. The van der Waals surface area contributed by atoms with Gasteiger partial charge in [-0.3, -0.25) is 0 Å². The standard InChI is InChI=1S/C6H6O4.2Zn/c1-3-5(7)9-10-6(8)4-2;;/h3-4H,1-2H2;;. The average molecular weight is 273 g/mol. The molecule has 12 heavy (non-hydrogen) atoms. The molecule has 0 rings (SSSR count). The van der Waals surface area contributed by atoms with Crippen LogP contribution in [0.4, 0.5) is 0 Å². The van der Waals surface area contributed by atoms with Crippen LogP contribution in [0.25, 0.3) is 0 Å². The summed E-state index contributed by atoms with van der Waals surface area (Å²) in [6, 6.07) is 0. The summed E-state index contributed by atoms with van der Waals surface area (Å²) < 4.78 is 0. The molecular weight excluding hydrogens is 267 g/mol. The predicted octanol–water partition coefficient (Wildman–Crippen LogP) is 0.355. The summed E-state index contributed by atoms with van der Waals surface area (Å²) in [4.78, 5) is 28.1. The maximum atomic E-state index is 10.2. The minimum absolute atomic E-state index is 0. The number of hydrogen-bond acceptors (Lipinski definition) is 4. The number of hydrogen-bond donors (Lipinski definition) is 0. The first-order valence-corrected chi connectivity index (χ1v) is 2.38. The zero-order valence-corrected chi connectivity index (χ0v) is 12.6. The topological polar surface area (TPSA) is 52.6 Å². The van der Waals surface area contributed by atoms with E-state index in [1.54, 1.807) is 0 Å². The summed E-state index contributed by atoms with van der Waals surface area (Å²) in [6.45, 7) is 6.15. The SMILES string of the molecule is C=CC(=O)OOC(=O)C=C.[Zn].[Zn]. The second kappa shape index (κ2) is 10.7. The van der Waals surface area contributed by atoms with Crippen LogP contribution in [0.1, 0.15) is 0 Å². The van der Waals surface area contributed by atoms with Crippen LogP contribution in [0.3, 0.4) is 0 Å². The van der Waals surface area contributed by atoms with Crippen molar-refractivity contribution in [3.05, 3.63) is 25.3 Å². The van der Waals surface area contributed by atoms with Crippen LogP contribution in [-0.2, 0) is 58.3 Å². The number of carbonyl (C=O) groups is 2. The Morgan fingerprint density at radius 3 is 1.33 bits per heavy atom. The van der Waals surface area contributed by atoms with Crippen molar-refractivity contribution in [3.63, 3.8) is 0 Å². The van der Waals surface area contributed by atoms with Crippen LogP contribution in [0, 0.1) is 0 Å². The van der Waals surface area contributed by atoms with Gasteiger partial charge in [-0.25, -0.2) is 19.4 Å². The minimum atomic E-state index is -0.824. The van der Waals surface area contributed by atoms with Gasteiger partial charge in [0.25, 0.3) is 0 Å². The third-order valence-corrected chi connectivity index (χ3v) is 0.539. The Morgan fingerprint density at radius 2 is 1.17 bits per heavy atom. The van der Waals surface area contributed by atoms with Gasteiger partial charge in [-0.2, -0.15) is 0 Å². The van der Waals surface area contributed by atoms with Gasteiger partial charge in [0, 0.05) is 51.1 Å². The van der Waals surface area contributed by atoms with Gasteiger partial charge < -0.3 is 0 Å². The summed E-state index contributed by atoms with van der Waals surface area (Å²) in [5.74, 6) is -1.65. The van der Waals surface area contributed by atoms with Gasteiger partial charge in [-0.05, 0) is 0 Å². The molecule has 0 bridgehead atoms. The maximum absolute atomic E-state index is 10.2. The molecule has 6 heteroatoms. The Balaban J connectivity index is -0.000000405. The van der Waals surface area contributed by atoms with Crippen molar-refractivity contribution in [2.75, 3.05) is 0 Å². The van der Waals surface area contributed by atoms with Crippen LogP contribution >= 0.6 is 0 Å². The molecule has 4 nitrogen and oxygen atoms in total. The normalized spacial score (nSPS) is 6.33. The fraction of sp³-hybridized carbons (Fsp3) is 0. The van der Waals surface area contributed by atoms with Crippen LogP contribution in [0.5, 0.6) is 0 Å². The molecule has 58 valence electrons. The molecule has 0 aliphatic carbocycles. The van der Waals surface area contributed by atoms with Gasteiger partial charge in [-0.1, -0.05) is 13.2 Å². The van der Waals surface area contributed by atoms with E-state index in [9.17, 15) is 9.59 Å². The molecule has 0 aliphatic rings. The molecule has 0 fully saturated rings. The molecule has 0 aromatic heterocycles. The molecule has 0 spiro atoms. The molecular formula is C6H6O4Zn2. The molecule has 0 aromatic carbocycles. The molecule has 0 N–H and O–H groups in total. The third-order valence-electron chi connectivity index (χ3n) is 0.539. The van der Waals surface area contributed by atoms with Crippen LogP contribution in [-0.4, -0.2) is 11.9 Å². The van der Waals surface area contributed by atoms with Crippen LogP contribution < -0.4 is 0 Å². The van der Waals surface area contributed by atoms with E-state index in [0.29, 0.717) is 0 Å². The fourth-order valence-corrected chi connectivity index (χ4v) is 0.150. The van der Waals surface area contributed by atoms with E-state index in [0.717, 1.165) is 12.2 Å². The van der Waals surface area contributed by atoms with Crippen LogP contribution in [0.15, 0.2) is 25.3 Å². The summed E-state index contributed by atoms with van der Waals surface area (Å²) in [5.41, 5.74) is 0. The first kappa shape index (κ1) is 17.7. The van der Waals surface area contributed by atoms with E-state index in [1.165, 1.54) is 0 Å². The second-order valence-corrected chi connectivity index (χ2v) is 1.21. The van der Waals surface area contributed by atoms with E-state index in [2.05, 4.69) is 22.9 Å². The van der Waals surface area contributed by atoms with Crippen molar-refractivity contribution in [3.8, 4) is 0 Å². The van der Waals surface area contributed by atoms with Crippen molar-refractivity contribution in [2.45, 2.75) is 0 Å². The molecule has 0 saturated heterocycles. The van der Waals surface area contributed by atoms with Gasteiger partial charge in [0.1, 0.15) is 0 Å². The van der Waals surface area contributed by atoms with Crippen molar-refractivity contribution in [1.29, 1.82) is 0 Å². The Bertz CT molecular complexity index is 158. The Kier molecular flexibility index (Phi) is 15.7. The average Bonchev–Trinajstić information content (AvgIpc) is 1.99. The Hall–Kier alpha value is -0.333. The molecule has 0 radical (unpaired) electrons. The van der Waals surface area contributed by atoms with Gasteiger partial charge in [-0.15, -0.1) is 0 Å². The quantitative estimate of drug-likeness (QED) is 0.315. The van der Waals surface area contributed by atoms with E-state index < -0.39 is 11.9 Å². The van der Waals surface area contributed by atoms with Gasteiger partial charge in [0.15, 0.2) is 0 Å². The smallest absolute Gasteiger partial charge is 0.242 e. The number of carbonyl (C=O) groups excluding carboxylic acids is 2. The van der Waals surface area contributed by atoms with Gasteiger partial charge in [0.2, 0.25) is 0 Å². The predicted molar refractivity (Wildman–Crippen MR) is 32.6 cm³/mol. The summed E-state index contributed by atoms with van der Waals surface area (Å²) in [6.07, 6.45) is 1.74. The first-order valence-electron chi connectivity index (χ1n) is 2.38. The van der Waals surface area contributed by atoms with E-state index >= 15 is 0 Å².